The van der Waals surface area contributed by atoms with Crippen molar-refractivity contribution in [1.82, 2.24) is 0 Å². The van der Waals surface area contributed by atoms with Gasteiger partial charge in [0.05, 0.1) is 0 Å². The summed E-state index contributed by atoms with van der Waals surface area (Å²) in [5.41, 5.74) is 3.33. The number of rotatable bonds is 3. The minimum atomic E-state index is 0.781. The molecule has 1 aromatic heterocycles. The lowest BCUT2D eigenvalue weighted by Crippen LogP contribution is -2.23. The second-order valence-electron chi connectivity index (χ2n) is 4.31. The smallest absolute Gasteiger partial charge is 0.180 e. The second kappa shape index (κ2) is 5.36. The van der Waals surface area contributed by atoms with Gasteiger partial charge >= 0.3 is 0 Å². The Hall–Kier alpha value is -2.29. The van der Waals surface area contributed by atoms with Crippen LogP contribution in [0.3, 0.4) is 0 Å². The van der Waals surface area contributed by atoms with Gasteiger partial charge < -0.3 is 10.1 Å². The predicted molar refractivity (Wildman–Crippen MR) is 75.1 cm³/mol. The number of anilines is 1. The summed E-state index contributed by atoms with van der Waals surface area (Å²) in [6.45, 7) is 0. The Labute approximate surface area is 107 Å². The first kappa shape index (κ1) is 12.2. The van der Waals surface area contributed by atoms with Crippen LogP contribution in [-0.2, 0) is 0 Å². The summed E-state index contributed by atoms with van der Waals surface area (Å²) in [5.74, 6) is 0. The Morgan fingerprint density at radius 1 is 0.889 bits per heavy atom. The molecule has 0 aliphatic carbocycles. The molecular formula is C15H16N2O. The zero-order valence-electron chi connectivity index (χ0n) is 10.6. The predicted octanol–water partition coefficient (Wildman–Crippen LogP) is 2.56. The molecule has 2 rings (SSSR count). The number of benzene rings is 1. The molecule has 0 saturated heterocycles. The third kappa shape index (κ3) is 3.10. The van der Waals surface area contributed by atoms with E-state index in [9.17, 15) is 5.21 Å². The van der Waals surface area contributed by atoms with E-state index < -0.39 is 0 Å². The SMILES string of the molecule is CN(C)c1ccc(/C=C/c2cc[n+]([O-])cc2)cc1. The lowest BCUT2D eigenvalue weighted by molar-refractivity contribution is -0.605. The molecule has 0 bridgehead atoms. The van der Waals surface area contributed by atoms with Gasteiger partial charge in [0.25, 0.3) is 0 Å². The van der Waals surface area contributed by atoms with Gasteiger partial charge in [-0.25, -0.2) is 0 Å². The minimum Gasteiger partial charge on any atom is -0.619 e. The lowest BCUT2D eigenvalue weighted by Gasteiger charge is -2.11. The van der Waals surface area contributed by atoms with Crippen molar-refractivity contribution in [3.05, 3.63) is 65.1 Å². The maximum absolute atomic E-state index is 10.9. The monoisotopic (exact) mass is 240 g/mol. The topological polar surface area (TPSA) is 30.2 Å². The van der Waals surface area contributed by atoms with Crippen LogP contribution in [0.15, 0.2) is 48.8 Å². The largest absolute Gasteiger partial charge is 0.619 e. The van der Waals surface area contributed by atoms with Gasteiger partial charge in [-0.05, 0) is 23.3 Å². The summed E-state index contributed by atoms with van der Waals surface area (Å²) in [6, 6.07) is 11.9. The molecule has 0 aliphatic heterocycles. The molecule has 3 nitrogen and oxygen atoms in total. The highest BCUT2D eigenvalue weighted by atomic mass is 16.5. The first-order valence-electron chi connectivity index (χ1n) is 5.79. The fourth-order valence-electron chi connectivity index (χ4n) is 1.61. The molecule has 0 saturated carbocycles. The molecule has 0 fully saturated rings. The molecule has 0 N–H and O–H groups in total. The van der Waals surface area contributed by atoms with E-state index in [1.165, 1.54) is 18.1 Å². The Morgan fingerprint density at radius 3 is 1.89 bits per heavy atom. The van der Waals surface area contributed by atoms with Gasteiger partial charge in [0.2, 0.25) is 0 Å². The van der Waals surface area contributed by atoms with Crippen LogP contribution in [0.25, 0.3) is 12.2 Å². The van der Waals surface area contributed by atoms with Crippen molar-refractivity contribution in [2.45, 2.75) is 0 Å². The zero-order valence-corrected chi connectivity index (χ0v) is 10.6. The van der Waals surface area contributed by atoms with Gasteiger partial charge in [0.1, 0.15) is 0 Å². The fourth-order valence-corrected chi connectivity index (χ4v) is 1.61. The van der Waals surface area contributed by atoms with E-state index >= 15 is 0 Å². The van der Waals surface area contributed by atoms with E-state index in [0.29, 0.717) is 0 Å². The van der Waals surface area contributed by atoms with Crippen LogP contribution in [-0.4, -0.2) is 14.1 Å². The molecule has 18 heavy (non-hydrogen) atoms. The highest BCUT2D eigenvalue weighted by Gasteiger charge is 1.94. The first-order valence-corrected chi connectivity index (χ1v) is 5.79. The molecule has 0 radical (unpaired) electrons. The summed E-state index contributed by atoms with van der Waals surface area (Å²) < 4.78 is 0.781. The number of nitrogens with zero attached hydrogens (tertiary/aromatic N) is 2. The van der Waals surface area contributed by atoms with E-state index in [2.05, 4.69) is 29.2 Å². The van der Waals surface area contributed by atoms with Crippen LogP contribution in [0.5, 0.6) is 0 Å². The standard InChI is InChI=1S/C15H16N2O/c1-16(2)15-7-5-13(6-8-15)3-4-14-9-11-17(18)12-10-14/h3-12H,1-2H3/b4-3+. The fraction of sp³-hybridized carbons (Fsp3) is 0.133. The van der Waals surface area contributed by atoms with Crippen molar-refractivity contribution in [3.63, 3.8) is 0 Å². The van der Waals surface area contributed by atoms with Crippen molar-refractivity contribution in [1.29, 1.82) is 0 Å². The summed E-state index contributed by atoms with van der Waals surface area (Å²) in [7, 11) is 4.04. The number of hydrogen-bond acceptors (Lipinski definition) is 2. The average molecular weight is 240 g/mol. The molecule has 1 heterocycles. The third-order valence-electron chi connectivity index (χ3n) is 2.71. The van der Waals surface area contributed by atoms with E-state index in [1.807, 2.05) is 26.2 Å². The van der Waals surface area contributed by atoms with Gasteiger partial charge in [-0.3, -0.25) is 0 Å². The van der Waals surface area contributed by atoms with Crippen LogP contribution in [0.1, 0.15) is 11.1 Å². The minimum absolute atomic E-state index is 0.781. The highest BCUT2D eigenvalue weighted by molar-refractivity contribution is 5.70. The number of aromatic nitrogens is 1. The van der Waals surface area contributed by atoms with Crippen molar-refractivity contribution in [3.8, 4) is 0 Å². The van der Waals surface area contributed by atoms with Gasteiger partial charge in [-0.2, -0.15) is 4.73 Å². The molecule has 1 aromatic carbocycles. The number of hydrogen-bond donors (Lipinski definition) is 0. The first-order chi connectivity index (χ1) is 8.65. The Balaban J connectivity index is 2.11. The molecular weight excluding hydrogens is 224 g/mol. The molecule has 2 aromatic rings. The van der Waals surface area contributed by atoms with E-state index in [-0.39, 0.29) is 0 Å². The Kier molecular flexibility index (Phi) is 3.63. The van der Waals surface area contributed by atoms with E-state index in [4.69, 9.17) is 0 Å². The lowest BCUT2D eigenvalue weighted by atomic mass is 10.1. The molecule has 92 valence electrons. The normalized spacial score (nSPS) is 10.8. The summed E-state index contributed by atoms with van der Waals surface area (Å²) >= 11 is 0. The van der Waals surface area contributed by atoms with Crippen molar-refractivity contribution in [2.24, 2.45) is 0 Å². The maximum atomic E-state index is 10.9. The quantitative estimate of drug-likeness (QED) is 0.609. The zero-order chi connectivity index (χ0) is 13.0. The van der Waals surface area contributed by atoms with E-state index in [1.54, 1.807) is 12.1 Å². The van der Waals surface area contributed by atoms with Gasteiger partial charge in [-0.15, -0.1) is 0 Å². The Morgan fingerprint density at radius 2 is 1.39 bits per heavy atom. The van der Waals surface area contributed by atoms with Crippen molar-refractivity contribution >= 4 is 17.8 Å². The molecule has 3 heteroatoms. The maximum Gasteiger partial charge on any atom is 0.180 e. The van der Waals surface area contributed by atoms with Gasteiger partial charge in [-0.1, -0.05) is 24.3 Å². The van der Waals surface area contributed by atoms with Crippen LogP contribution in [0, 0.1) is 5.21 Å². The number of pyridine rings is 1. The summed E-state index contributed by atoms with van der Waals surface area (Å²) in [6.07, 6.45) is 7.01. The Bertz CT molecular complexity index is 527. The van der Waals surface area contributed by atoms with Crippen molar-refractivity contribution < 1.29 is 4.73 Å². The van der Waals surface area contributed by atoms with Crippen LogP contribution >= 0.6 is 0 Å². The molecule has 0 amide bonds. The third-order valence-corrected chi connectivity index (χ3v) is 2.71. The van der Waals surface area contributed by atoms with Crippen LogP contribution in [0.4, 0.5) is 5.69 Å². The van der Waals surface area contributed by atoms with Crippen molar-refractivity contribution in [2.75, 3.05) is 19.0 Å². The molecule has 0 atom stereocenters. The highest BCUT2D eigenvalue weighted by Crippen LogP contribution is 2.14. The molecule has 0 spiro atoms. The van der Waals surface area contributed by atoms with Gasteiger partial charge in [0, 0.05) is 31.9 Å². The molecule has 0 aliphatic rings. The summed E-state index contributed by atoms with van der Waals surface area (Å²) in [4.78, 5) is 2.07. The van der Waals surface area contributed by atoms with Crippen LogP contribution in [0.2, 0.25) is 0 Å². The van der Waals surface area contributed by atoms with E-state index in [0.717, 1.165) is 15.9 Å². The summed E-state index contributed by atoms with van der Waals surface area (Å²) in [5, 5.41) is 10.9. The van der Waals surface area contributed by atoms with Crippen LogP contribution < -0.4 is 9.63 Å². The van der Waals surface area contributed by atoms with Gasteiger partial charge in [0.15, 0.2) is 12.4 Å². The average Bonchev–Trinajstić information content (AvgIpc) is 2.38. The second-order valence-corrected chi connectivity index (χ2v) is 4.31. The molecule has 0 unspecified atom stereocenters.